The van der Waals surface area contributed by atoms with Crippen molar-refractivity contribution in [3.8, 4) is 0 Å². The molecule has 0 fully saturated rings. The van der Waals surface area contributed by atoms with E-state index in [0.717, 1.165) is 5.56 Å². The van der Waals surface area contributed by atoms with Crippen molar-refractivity contribution in [3.63, 3.8) is 0 Å². The van der Waals surface area contributed by atoms with Crippen molar-refractivity contribution in [2.45, 2.75) is 26.2 Å². The standard InChI is InChI=1S/C14H17Cl2NO3/c1-3-17(7-6-13(18)19)14(20)9(2)10-4-5-11(15)12(16)8-10/h4-5,8-9H,3,6-7H2,1-2H3,(H,18,19). The highest BCUT2D eigenvalue weighted by atomic mass is 35.5. The monoisotopic (exact) mass is 317 g/mol. The molecule has 0 radical (unpaired) electrons. The van der Waals surface area contributed by atoms with Crippen LogP contribution in [0.2, 0.25) is 10.0 Å². The second kappa shape index (κ2) is 7.50. The van der Waals surface area contributed by atoms with Crippen molar-refractivity contribution in [1.29, 1.82) is 0 Å². The summed E-state index contributed by atoms with van der Waals surface area (Å²) in [5, 5.41) is 9.53. The van der Waals surface area contributed by atoms with E-state index in [1.165, 1.54) is 4.90 Å². The minimum Gasteiger partial charge on any atom is -0.481 e. The number of carbonyl (C=O) groups excluding carboxylic acids is 1. The topological polar surface area (TPSA) is 57.6 Å². The second-order valence-corrected chi connectivity index (χ2v) is 5.27. The van der Waals surface area contributed by atoms with Gasteiger partial charge >= 0.3 is 5.97 Å². The van der Waals surface area contributed by atoms with E-state index in [4.69, 9.17) is 28.3 Å². The van der Waals surface area contributed by atoms with Crippen LogP contribution in [0.4, 0.5) is 0 Å². The largest absolute Gasteiger partial charge is 0.481 e. The van der Waals surface area contributed by atoms with Crippen LogP contribution in [0.3, 0.4) is 0 Å². The molecule has 6 heteroatoms. The number of halogens is 2. The Morgan fingerprint density at radius 2 is 1.95 bits per heavy atom. The average molecular weight is 318 g/mol. The molecule has 110 valence electrons. The van der Waals surface area contributed by atoms with E-state index in [0.29, 0.717) is 16.6 Å². The second-order valence-electron chi connectivity index (χ2n) is 4.46. The fraction of sp³-hybridized carbons (Fsp3) is 0.429. The molecule has 1 amide bonds. The van der Waals surface area contributed by atoms with E-state index < -0.39 is 11.9 Å². The van der Waals surface area contributed by atoms with E-state index in [2.05, 4.69) is 0 Å². The maximum absolute atomic E-state index is 12.3. The zero-order valence-electron chi connectivity index (χ0n) is 11.4. The fourth-order valence-corrected chi connectivity index (χ4v) is 2.16. The van der Waals surface area contributed by atoms with Crippen molar-refractivity contribution in [2.24, 2.45) is 0 Å². The van der Waals surface area contributed by atoms with E-state index in [9.17, 15) is 9.59 Å². The van der Waals surface area contributed by atoms with Crippen molar-refractivity contribution in [1.82, 2.24) is 4.90 Å². The van der Waals surface area contributed by atoms with Crippen LogP contribution in [0.5, 0.6) is 0 Å². The minimum atomic E-state index is -0.918. The molecule has 0 spiro atoms. The van der Waals surface area contributed by atoms with Gasteiger partial charge in [0.25, 0.3) is 0 Å². The third kappa shape index (κ3) is 4.39. The SMILES string of the molecule is CCN(CCC(=O)O)C(=O)C(C)c1ccc(Cl)c(Cl)c1. The Morgan fingerprint density at radius 3 is 2.45 bits per heavy atom. The predicted molar refractivity (Wildman–Crippen MR) is 79.4 cm³/mol. The molecule has 1 N–H and O–H groups in total. The zero-order valence-corrected chi connectivity index (χ0v) is 12.9. The van der Waals surface area contributed by atoms with E-state index in [1.54, 1.807) is 25.1 Å². The lowest BCUT2D eigenvalue weighted by atomic mass is 9.99. The van der Waals surface area contributed by atoms with Crippen molar-refractivity contribution >= 4 is 35.1 Å². The molecule has 0 bridgehead atoms. The van der Waals surface area contributed by atoms with Gasteiger partial charge in [-0.25, -0.2) is 0 Å². The molecular weight excluding hydrogens is 301 g/mol. The molecule has 0 aliphatic carbocycles. The fourth-order valence-electron chi connectivity index (χ4n) is 1.85. The third-order valence-electron chi connectivity index (χ3n) is 3.10. The Morgan fingerprint density at radius 1 is 1.30 bits per heavy atom. The number of carboxylic acids is 1. The summed E-state index contributed by atoms with van der Waals surface area (Å²) in [6.07, 6.45) is -0.0618. The Kier molecular flexibility index (Phi) is 6.30. The van der Waals surface area contributed by atoms with Crippen LogP contribution >= 0.6 is 23.2 Å². The van der Waals surface area contributed by atoms with Gasteiger partial charge in [-0.1, -0.05) is 29.3 Å². The number of carboxylic acid groups (broad SMARTS) is 1. The van der Waals surface area contributed by atoms with Gasteiger partial charge in [0.2, 0.25) is 5.91 Å². The first kappa shape index (κ1) is 16.8. The summed E-state index contributed by atoms with van der Waals surface area (Å²) < 4.78 is 0. The number of benzene rings is 1. The predicted octanol–water partition coefficient (Wildman–Crippen LogP) is 3.42. The molecule has 1 atom stereocenters. The van der Waals surface area contributed by atoms with Crippen LogP contribution < -0.4 is 0 Å². The highest BCUT2D eigenvalue weighted by Crippen LogP contribution is 2.27. The van der Waals surface area contributed by atoms with Gasteiger partial charge in [-0.3, -0.25) is 9.59 Å². The van der Waals surface area contributed by atoms with Gasteiger partial charge in [0.15, 0.2) is 0 Å². The maximum Gasteiger partial charge on any atom is 0.305 e. The smallest absolute Gasteiger partial charge is 0.305 e. The van der Waals surface area contributed by atoms with Gasteiger partial charge in [0.05, 0.1) is 22.4 Å². The first-order valence-corrected chi connectivity index (χ1v) is 7.08. The van der Waals surface area contributed by atoms with Crippen molar-refractivity contribution in [3.05, 3.63) is 33.8 Å². The van der Waals surface area contributed by atoms with Crippen LogP contribution in [0.15, 0.2) is 18.2 Å². The lowest BCUT2D eigenvalue weighted by molar-refractivity contribution is -0.138. The summed E-state index contributed by atoms with van der Waals surface area (Å²) in [6.45, 7) is 4.26. The van der Waals surface area contributed by atoms with Crippen LogP contribution in [-0.4, -0.2) is 35.0 Å². The van der Waals surface area contributed by atoms with Gasteiger partial charge in [0, 0.05) is 13.1 Å². The lowest BCUT2D eigenvalue weighted by Gasteiger charge is -2.24. The van der Waals surface area contributed by atoms with Gasteiger partial charge in [-0.2, -0.15) is 0 Å². The number of aliphatic carboxylic acids is 1. The molecule has 1 aromatic rings. The Balaban J connectivity index is 2.82. The van der Waals surface area contributed by atoms with Gasteiger partial charge < -0.3 is 10.0 Å². The first-order valence-electron chi connectivity index (χ1n) is 6.32. The number of carbonyl (C=O) groups is 2. The normalized spacial score (nSPS) is 12.0. The zero-order chi connectivity index (χ0) is 15.3. The summed E-state index contributed by atoms with van der Waals surface area (Å²) in [4.78, 5) is 24.5. The molecule has 1 unspecified atom stereocenters. The maximum atomic E-state index is 12.3. The molecule has 0 saturated heterocycles. The number of likely N-dealkylation sites (N-methyl/N-ethyl adjacent to an activating group) is 1. The van der Waals surface area contributed by atoms with Gasteiger partial charge in [-0.05, 0) is 31.5 Å². The minimum absolute atomic E-state index is 0.0618. The first-order chi connectivity index (χ1) is 9.36. The third-order valence-corrected chi connectivity index (χ3v) is 3.84. The van der Waals surface area contributed by atoms with E-state index in [1.807, 2.05) is 6.92 Å². The van der Waals surface area contributed by atoms with Gasteiger partial charge in [0.1, 0.15) is 0 Å². The summed E-state index contributed by atoms with van der Waals surface area (Å²) in [7, 11) is 0. The molecule has 0 aliphatic rings. The molecule has 1 rings (SSSR count). The number of hydrogen-bond donors (Lipinski definition) is 1. The Bertz CT molecular complexity index is 505. The molecule has 1 aromatic carbocycles. The Hall–Kier alpha value is -1.26. The molecule has 0 aromatic heterocycles. The molecule has 0 saturated carbocycles. The van der Waals surface area contributed by atoms with Crippen LogP contribution in [-0.2, 0) is 9.59 Å². The summed E-state index contributed by atoms with van der Waals surface area (Å²) in [5.74, 6) is -1.43. The highest BCUT2D eigenvalue weighted by Gasteiger charge is 2.21. The van der Waals surface area contributed by atoms with Crippen LogP contribution in [0, 0.1) is 0 Å². The van der Waals surface area contributed by atoms with Gasteiger partial charge in [-0.15, -0.1) is 0 Å². The van der Waals surface area contributed by atoms with Crippen molar-refractivity contribution < 1.29 is 14.7 Å². The number of hydrogen-bond acceptors (Lipinski definition) is 2. The van der Waals surface area contributed by atoms with Crippen LogP contribution in [0.25, 0.3) is 0 Å². The highest BCUT2D eigenvalue weighted by molar-refractivity contribution is 6.42. The van der Waals surface area contributed by atoms with E-state index in [-0.39, 0.29) is 18.9 Å². The number of nitrogens with zero attached hydrogens (tertiary/aromatic N) is 1. The number of amides is 1. The van der Waals surface area contributed by atoms with Crippen molar-refractivity contribution in [2.75, 3.05) is 13.1 Å². The number of rotatable bonds is 6. The van der Waals surface area contributed by atoms with Crippen LogP contribution in [0.1, 0.15) is 31.7 Å². The summed E-state index contributed by atoms with van der Waals surface area (Å²) in [5.41, 5.74) is 0.762. The molecular formula is C14H17Cl2NO3. The summed E-state index contributed by atoms with van der Waals surface area (Å²) >= 11 is 11.8. The molecule has 0 aliphatic heterocycles. The molecule has 4 nitrogen and oxygen atoms in total. The quantitative estimate of drug-likeness (QED) is 0.874. The molecule has 0 heterocycles. The average Bonchev–Trinajstić information content (AvgIpc) is 2.41. The Labute approximate surface area is 128 Å². The lowest BCUT2D eigenvalue weighted by Crippen LogP contribution is -2.35. The van der Waals surface area contributed by atoms with E-state index >= 15 is 0 Å². The summed E-state index contributed by atoms with van der Waals surface area (Å²) in [6, 6.07) is 5.07. The molecule has 20 heavy (non-hydrogen) atoms.